The number of anilines is 2. The Balaban J connectivity index is 2.34. The summed E-state index contributed by atoms with van der Waals surface area (Å²) in [6, 6.07) is 20.8. The second kappa shape index (κ2) is 5.04. The molecule has 2 rings (SSSR count). The summed E-state index contributed by atoms with van der Waals surface area (Å²) in [7, 11) is 0. The molecule has 2 aromatic carbocycles. The summed E-state index contributed by atoms with van der Waals surface area (Å²) < 4.78 is 0. The molecule has 2 aromatic rings. The van der Waals surface area contributed by atoms with Crippen molar-refractivity contribution < 1.29 is 0 Å². The van der Waals surface area contributed by atoms with Crippen LogP contribution in [0.5, 0.6) is 0 Å². The summed E-state index contributed by atoms with van der Waals surface area (Å²) in [6.45, 7) is 0. The molecule has 2 heteroatoms. The standard InChI is InChI=1S/C13H12AsN/c14-11-15(12-7-3-1-4-8-12)13-9-5-2-6-10-13/h1-10H,11H2. The van der Waals surface area contributed by atoms with Crippen LogP contribution in [0.4, 0.5) is 11.4 Å². The number of hydrogen-bond acceptors (Lipinski definition) is 1. The first kappa shape index (κ1) is 10.3. The van der Waals surface area contributed by atoms with Gasteiger partial charge in [0, 0.05) is 0 Å². The van der Waals surface area contributed by atoms with Gasteiger partial charge in [0.15, 0.2) is 0 Å². The zero-order chi connectivity index (χ0) is 10.5. The fourth-order valence-corrected chi connectivity index (χ4v) is 2.21. The first-order valence-electron chi connectivity index (χ1n) is 4.90. The van der Waals surface area contributed by atoms with E-state index in [0.29, 0.717) is 0 Å². The minimum atomic E-state index is 0.918. The topological polar surface area (TPSA) is 3.24 Å². The molecule has 0 saturated heterocycles. The van der Waals surface area contributed by atoms with Crippen LogP contribution in [0, 0.1) is 0 Å². The summed E-state index contributed by atoms with van der Waals surface area (Å²) in [5, 5.41) is 0.918. The zero-order valence-corrected chi connectivity index (χ0v) is 10.3. The molecular weight excluding hydrogens is 245 g/mol. The third-order valence-corrected chi connectivity index (χ3v) is 2.87. The molecular formula is C13H12AsN. The van der Waals surface area contributed by atoms with Crippen molar-refractivity contribution in [2.45, 2.75) is 0 Å². The summed E-state index contributed by atoms with van der Waals surface area (Å²) >= 11 is 2.62. The van der Waals surface area contributed by atoms with Gasteiger partial charge in [0.1, 0.15) is 0 Å². The van der Waals surface area contributed by atoms with Crippen LogP contribution in [-0.4, -0.2) is 22.2 Å². The van der Waals surface area contributed by atoms with Crippen molar-refractivity contribution in [3.05, 3.63) is 60.7 Å². The Bertz CT molecular complexity index is 360. The van der Waals surface area contributed by atoms with Gasteiger partial charge in [-0.3, -0.25) is 0 Å². The molecule has 0 bridgehead atoms. The van der Waals surface area contributed by atoms with E-state index in [1.807, 2.05) is 12.1 Å². The number of para-hydroxylation sites is 2. The predicted octanol–water partition coefficient (Wildman–Crippen LogP) is 2.95. The van der Waals surface area contributed by atoms with Gasteiger partial charge in [-0.2, -0.15) is 0 Å². The van der Waals surface area contributed by atoms with Crippen molar-refractivity contribution in [1.82, 2.24) is 0 Å². The Morgan fingerprint density at radius 1 is 0.733 bits per heavy atom. The SMILES string of the molecule is [As]CN(c1ccccc1)c1ccccc1. The molecule has 74 valence electrons. The van der Waals surface area contributed by atoms with E-state index in [2.05, 4.69) is 70.3 Å². The number of rotatable bonds is 3. The molecule has 1 nitrogen and oxygen atoms in total. The van der Waals surface area contributed by atoms with Crippen LogP contribution in [0.2, 0.25) is 0 Å². The fourth-order valence-electron chi connectivity index (χ4n) is 1.53. The summed E-state index contributed by atoms with van der Waals surface area (Å²) in [5.74, 6) is 0. The van der Waals surface area contributed by atoms with Gasteiger partial charge in [-0.1, -0.05) is 0 Å². The first-order chi connectivity index (χ1) is 7.42. The van der Waals surface area contributed by atoms with Gasteiger partial charge in [-0.25, -0.2) is 0 Å². The molecule has 15 heavy (non-hydrogen) atoms. The average Bonchev–Trinajstić information content (AvgIpc) is 2.33. The summed E-state index contributed by atoms with van der Waals surface area (Å²) in [4.78, 5) is 2.26. The molecule has 0 heterocycles. The molecule has 0 spiro atoms. The van der Waals surface area contributed by atoms with Crippen LogP contribution in [0.15, 0.2) is 60.7 Å². The van der Waals surface area contributed by atoms with Crippen LogP contribution in [-0.2, 0) is 0 Å². The molecule has 0 atom stereocenters. The molecule has 0 aliphatic rings. The third-order valence-electron chi connectivity index (χ3n) is 2.28. The van der Waals surface area contributed by atoms with E-state index in [-0.39, 0.29) is 0 Å². The Kier molecular flexibility index (Phi) is 3.47. The normalized spacial score (nSPS) is 9.93. The van der Waals surface area contributed by atoms with Gasteiger partial charge >= 0.3 is 99.1 Å². The monoisotopic (exact) mass is 257 g/mol. The maximum atomic E-state index is 2.62. The molecule has 0 fully saturated rings. The second-order valence-corrected chi connectivity index (χ2v) is 3.83. The summed E-state index contributed by atoms with van der Waals surface area (Å²) in [5.41, 5.74) is 2.45. The van der Waals surface area contributed by atoms with Crippen LogP contribution in [0.3, 0.4) is 0 Å². The van der Waals surface area contributed by atoms with E-state index in [9.17, 15) is 0 Å². The van der Waals surface area contributed by atoms with Gasteiger partial charge < -0.3 is 0 Å². The number of nitrogens with zero attached hydrogens (tertiary/aromatic N) is 1. The van der Waals surface area contributed by atoms with Crippen molar-refractivity contribution >= 4 is 28.2 Å². The predicted molar refractivity (Wildman–Crippen MR) is 65.6 cm³/mol. The molecule has 2 radical (unpaired) electrons. The second-order valence-electron chi connectivity index (χ2n) is 3.24. The van der Waals surface area contributed by atoms with E-state index >= 15 is 0 Å². The van der Waals surface area contributed by atoms with E-state index in [4.69, 9.17) is 0 Å². The maximum absolute atomic E-state index is 2.62. The molecule has 0 aliphatic heterocycles. The van der Waals surface area contributed by atoms with Gasteiger partial charge in [0.05, 0.1) is 0 Å². The molecule has 0 aromatic heterocycles. The minimum absolute atomic E-state index is 0.918. The van der Waals surface area contributed by atoms with Crippen molar-refractivity contribution in [3.63, 3.8) is 0 Å². The van der Waals surface area contributed by atoms with Crippen molar-refractivity contribution in [1.29, 1.82) is 0 Å². The Labute approximate surface area is 99.2 Å². The fraction of sp³-hybridized carbons (Fsp3) is 0.0769. The molecule has 0 amide bonds. The Hall–Kier alpha value is -1.20. The van der Waals surface area contributed by atoms with E-state index < -0.39 is 0 Å². The van der Waals surface area contributed by atoms with Crippen molar-refractivity contribution in [2.24, 2.45) is 0 Å². The molecule has 0 unspecified atom stereocenters. The van der Waals surface area contributed by atoms with Gasteiger partial charge in [-0.05, 0) is 0 Å². The molecule has 0 saturated carbocycles. The van der Waals surface area contributed by atoms with Gasteiger partial charge in [-0.15, -0.1) is 0 Å². The summed E-state index contributed by atoms with van der Waals surface area (Å²) in [6.07, 6.45) is 0. The van der Waals surface area contributed by atoms with Crippen LogP contribution >= 0.6 is 0 Å². The van der Waals surface area contributed by atoms with E-state index in [1.165, 1.54) is 11.4 Å². The average molecular weight is 257 g/mol. The third kappa shape index (κ3) is 2.43. The number of hydrogen-bond donors (Lipinski definition) is 0. The van der Waals surface area contributed by atoms with Crippen molar-refractivity contribution in [2.75, 3.05) is 10.2 Å². The quantitative estimate of drug-likeness (QED) is 0.764. The van der Waals surface area contributed by atoms with Gasteiger partial charge in [0.25, 0.3) is 0 Å². The number of benzene rings is 2. The Morgan fingerprint density at radius 2 is 1.13 bits per heavy atom. The molecule has 0 aliphatic carbocycles. The first-order valence-corrected chi connectivity index (χ1v) is 6.23. The van der Waals surface area contributed by atoms with Crippen LogP contribution in [0.25, 0.3) is 0 Å². The van der Waals surface area contributed by atoms with Crippen molar-refractivity contribution in [3.8, 4) is 0 Å². The van der Waals surface area contributed by atoms with Crippen LogP contribution < -0.4 is 4.90 Å². The zero-order valence-electron chi connectivity index (χ0n) is 8.38. The molecule has 0 N–H and O–H groups in total. The van der Waals surface area contributed by atoms with Crippen LogP contribution in [0.1, 0.15) is 0 Å². The Morgan fingerprint density at radius 3 is 1.47 bits per heavy atom. The van der Waals surface area contributed by atoms with Gasteiger partial charge in [0.2, 0.25) is 0 Å². The van der Waals surface area contributed by atoms with E-state index in [1.54, 1.807) is 0 Å². The van der Waals surface area contributed by atoms with E-state index in [0.717, 1.165) is 5.33 Å².